The van der Waals surface area contributed by atoms with Crippen molar-refractivity contribution in [1.29, 1.82) is 0 Å². The lowest BCUT2D eigenvalue weighted by molar-refractivity contribution is 0.0703. The van der Waals surface area contributed by atoms with Crippen LogP contribution in [0.15, 0.2) is 54.6 Å². The molecule has 0 spiro atoms. The average molecular weight is 347 g/mol. The molecule has 0 unspecified atom stereocenters. The molecule has 5 heteroatoms. The third-order valence-electron chi connectivity index (χ3n) is 4.26. The van der Waals surface area contributed by atoms with Gasteiger partial charge in [0.1, 0.15) is 11.5 Å². The van der Waals surface area contributed by atoms with Gasteiger partial charge in [-0.3, -0.25) is 4.79 Å². The van der Waals surface area contributed by atoms with Crippen LogP contribution in [-0.4, -0.2) is 37.0 Å². The van der Waals surface area contributed by atoms with Crippen LogP contribution in [0.4, 0.5) is 0 Å². The zero-order valence-corrected chi connectivity index (χ0v) is 14.6. The molecule has 1 aliphatic heterocycles. The predicted octanol–water partition coefficient (Wildman–Crippen LogP) is 3.72. The Kier molecular flexibility index (Phi) is 6.64. The molecule has 0 saturated carbocycles. The highest BCUT2D eigenvalue weighted by molar-refractivity contribution is 5.94. The minimum Gasteiger partial charge on any atom is -0.457 e. The summed E-state index contributed by atoms with van der Waals surface area (Å²) < 4.78 is 5.76. The van der Waals surface area contributed by atoms with Crippen LogP contribution in [0.5, 0.6) is 11.5 Å². The number of benzene rings is 2. The summed E-state index contributed by atoms with van der Waals surface area (Å²) >= 11 is 0. The summed E-state index contributed by atoms with van der Waals surface area (Å²) in [5.41, 5.74) is 0.700. The number of ether oxygens (including phenoxy) is 1. The summed E-state index contributed by atoms with van der Waals surface area (Å²) in [5.74, 6) is 1.60. The van der Waals surface area contributed by atoms with Crippen molar-refractivity contribution in [3.63, 3.8) is 0 Å². The van der Waals surface area contributed by atoms with Crippen molar-refractivity contribution in [2.24, 2.45) is 0 Å². The van der Waals surface area contributed by atoms with Gasteiger partial charge in [0.05, 0.1) is 0 Å². The Balaban J connectivity index is 0.00000208. The van der Waals surface area contributed by atoms with Gasteiger partial charge in [-0.15, -0.1) is 12.4 Å². The number of carbonyl (C=O) groups is 1. The van der Waals surface area contributed by atoms with Gasteiger partial charge in [-0.25, -0.2) is 0 Å². The molecular weight excluding hydrogens is 324 g/mol. The second-order valence-corrected chi connectivity index (χ2v) is 5.84. The van der Waals surface area contributed by atoms with E-state index < -0.39 is 0 Å². The standard InChI is InChI=1S/C19H22N2O2.ClH/c1-21(16-11-13-20-14-12-16)19(22)15-7-9-18(10-8-15)23-17-5-3-2-4-6-17;/h2-10,16,20H,11-14H2,1H3;1H. The maximum Gasteiger partial charge on any atom is 0.253 e. The van der Waals surface area contributed by atoms with E-state index in [1.165, 1.54) is 0 Å². The van der Waals surface area contributed by atoms with E-state index in [0.717, 1.165) is 37.4 Å². The molecule has 0 radical (unpaired) electrons. The molecule has 1 fully saturated rings. The van der Waals surface area contributed by atoms with E-state index in [2.05, 4.69) is 5.32 Å². The molecule has 0 aromatic heterocycles. The van der Waals surface area contributed by atoms with Crippen LogP contribution in [0.3, 0.4) is 0 Å². The fourth-order valence-electron chi connectivity index (χ4n) is 2.85. The molecule has 1 heterocycles. The maximum absolute atomic E-state index is 12.6. The molecular formula is C19H23ClN2O2. The Labute approximate surface area is 149 Å². The van der Waals surface area contributed by atoms with Crippen molar-refractivity contribution in [2.75, 3.05) is 20.1 Å². The van der Waals surface area contributed by atoms with Gasteiger partial charge in [0, 0.05) is 18.7 Å². The Hall–Kier alpha value is -2.04. The van der Waals surface area contributed by atoms with Gasteiger partial charge in [0.2, 0.25) is 0 Å². The van der Waals surface area contributed by atoms with Crippen LogP contribution in [0.1, 0.15) is 23.2 Å². The number of amides is 1. The summed E-state index contributed by atoms with van der Waals surface area (Å²) in [4.78, 5) is 14.4. The van der Waals surface area contributed by atoms with Crippen molar-refractivity contribution in [3.05, 3.63) is 60.2 Å². The number of para-hydroxylation sites is 1. The van der Waals surface area contributed by atoms with E-state index >= 15 is 0 Å². The molecule has 2 aromatic carbocycles. The number of hydrogen-bond donors (Lipinski definition) is 1. The van der Waals surface area contributed by atoms with Crippen LogP contribution in [0.2, 0.25) is 0 Å². The number of carbonyl (C=O) groups excluding carboxylic acids is 1. The molecule has 0 bridgehead atoms. The lowest BCUT2D eigenvalue weighted by Gasteiger charge is -2.31. The molecule has 4 nitrogen and oxygen atoms in total. The van der Waals surface area contributed by atoms with Crippen molar-refractivity contribution in [3.8, 4) is 11.5 Å². The van der Waals surface area contributed by atoms with Crippen molar-refractivity contribution < 1.29 is 9.53 Å². The zero-order valence-electron chi connectivity index (χ0n) is 13.8. The first-order chi connectivity index (χ1) is 11.2. The van der Waals surface area contributed by atoms with Gasteiger partial charge >= 0.3 is 0 Å². The molecule has 2 aromatic rings. The fraction of sp³-hybridized carbons (Fsp3) is 0.316. The van der Waals surface area contributed by atoms with Crippen molar-refractivity contribution >= 4 is 18.3 Å². The highest BCUT2D eigenvalue weighted by atomic mass is 35.5. The molecule has 128 valence electrons. The summed E-state index contributed by atoms with van der Waals surface area (Å²) in [6.45, 7) is 1.96. The summed E-state index contributed by atoms with van der Waals surface area (Å²) in [6, 6.07) is 17.3. The van der Waals surface area contributed by atoms with E-state index in [1.54, 1.807) is 0 Å². The molecule has 1 amide bonds. The number of halogens is 1. The van der Waals surface area contributed by atoms with Gasteiger partial charge in [-0.1, -0.05) is 18.2 Å². The van der Waals surface area contributed by atoms with Gasteiger partial charge < -0.3 is 15.0 Å². The smallest absolute Gasteiger partial charge is 0.253 e. The fourth-order valence-corrected chi connectivity index (χ4v) is 2.85. The number of piperidine rings is 1. The highest BCUT2D eigenvalue weighted by Gasteiger charge is 2.22. The monoisotopic (exact) mass is 346 g/mol. The molecule has 0 aliphatic carbocycles. The lowest BCUT2D eigenvalue weighted by Crippen LogP contribution is -2.43. The Bertz CT molecular complexity index is 640. The number of nitrogens with zero attached hydrogens (tertiary/aromatic N) is 1. The SMILES string of the molecule is CN(C(=O)c1ccc(Oc2ccccc2)cc1)C1CCNCC1.Cl. The Morgan fingerprint density at radius 2 is 1.58 bits per heavy atom. The van der Waals surface area contributed by atoms with E-state index in [4.69, 9.17) is 4.74 Å². The molecule has 3 rings (SSSR count). The minimum atomic E-state index is 0. The van der Waals surface area contributed by atoms with Crippen LogP contribution < -0.4 is 10.1 Å². The minimum absolute atomic E-state index is 0. The molecule has 1 N–H and O–H groups in total. The largest absolute Gasteiger partial charge is 0.457 e. The average Bonchev–Trinajstić information content (AvgIpc) is 2.63. The maximum atomic E-state index is 12.6. The second kappa shape index (κ2) is 8.71. The van der Waals surface area contributed by atoms with Crippen LogP contribution in [0, 0.1) is 0 Å². The van der Waals surface area contributed by atoms with Crippen LogP contribution >= 0.6 is 12.4 Å². The highest BCUT2D eigenvalue weighted by Crippen LogP contribution is 2.22. The Morgan fingerprint density at radius 3 is 2.21 bits per heavy atom. The van der Waals surface area contributed by atoms with Crippen LogP contribution in [0.25, 0.3) is 0 Å². The van der Waals surface area contributed by atoms with Crippen molar-refractivity contribution in [2.45, 2.75) is 18.9 Å². The van der Waals surface area contributed by atoms with E-state index in [9.17, 15) is 4.79 Å². The lowest BCUT2D eigenvalue weighted by atomic mass is 10.0. The topological polar surface area (TPSA) is 41.6 Å². The normalized spacial score (nSPS) is 14.5. The van der Waals surface area contributed by atoms with Crippen LogP contribution in [-0.2, 0) is 0 Å². The van der Waals surface area contributed by atoms with Gasteiger partial charge in [0.25, 0.3) is 5.91 Å². The first-order valence-electron chi connectivity index (χ1n) is 8.05. The summed E-state index contributed by atoms with van der Waals surface area (Å²) in [7, 11) is 1.90. The third-order valence-corrected chi connectivity index (χ3v) is 4.26. The first-order valence-corrected chi connectivity index (χ1v) is 8.05. The third kappa shape index (κ3) is 4.49. The summed E-state index contributed by atoms with van der Waals surface area (Å²) in [5, 5.41) is 3.32. The van der Waals surface area contributed by atoms with Crippen molar-refractivity contribution in [1.82, 2.24) is 10.2 Å². The number of nitrogens with one attached hydrogen (secondary N) is 1. The zero-order chi connectivity index (χ0) is 16.1. The van der Waals surface area contributed by atoms with Gasteiger partial charge in [-0.05, 0) is 62.3 Å². The van der Waals surface area contributed by atoms with Gasteiger partial charge in [0.15, 0.2) is 0 Å². The number of hydrogen-bond acceptors (Lipinski definition) is 3. The molecule has 1 aliphatic rings. The molecule has 0 atom stereocenters. The second-order valence-electron chi connectivity index (χ2n) is 5.84. The summed E-state index contributed by atoms with van der Waals surface area (Å²) in [6.07, 6.45) is 2.02. The first kappa shape index (κ1) is 18.3. The quantitative estimate of drug-likeness (QED) is 0.917. The number of rotatable bonds is 4. The van der Waals surface area contributed by atoms with E-state index in [-0.39, 0.29) is 18.3 Å². The molecule has 24 heavy (non-hydrogen) atoms. The molecule has 1 saturated heterocycles. The van der Waals surface area contributed by atoms with E-state index in [1.807, 2.05) is 66.5 Å². The Morgan fingerprint density at radius 1 is 1.00 bits per heavy atom. The van der Waals surface area contributed by atoms with Gasteiger partial charge in [-0.2, -0.15) is 0 Å². The predicted molar refractivity (Wildman–Crippen MR) is 98.2 cm³/mol. The van der Waals surface area contributed by atoms with E-state index in [0.29, 0.717) is 11.6 Å².